The lowest BCUT2D eigenvalue weighted by molar-refractivity contribution is -0.137. The molecule has 4 rings (SSSR count). The highest BCUT2D eigenvalue weighted by molar-refractivity contribution is 5.83. The summed E-state index contributed by atoms with van der Waals surface area (Å²) in [6.07, 6.45) is 5.72. The van der Waals surface area contributed by atoms with Crippen LogP contribution in [0.4, 0.5) is 4.39 Å². The normalized spacial score (nSPS) is 19.1. The fourth-order valence-corrected chi connectivity index (χ4v) is 5.81. The highest BCUT2D eigenvalue weighted by atomic mass is 19.1. The third-order valence-corrected chi connectivity index (χ3v) is 7.84. The van der Waals surface area contributed by atoms with Gasteiger partial charge in [0.05, 0.1) is 12.6 Å². The maximum Gasteiger partial charge on any atom is 0.303 e. The Balaban J connectivity index is 1.35. The van der Waals surface area contributed by atoms with Crippen molar-refractivity contribution in [2.45, 2.75) is 58.0 Å². The van der Waals surface area contributed by atoms with E-state index < -0.39 is 12.1 Å². The molecule has 198 valence electrons. The zero-order valence-electron chi connectivity index (χ0n) is 22.0. The van der Waals surface area contributed by atoms with E-state index in [1.807, 2.05) is 18.2 Å². The van der Waals surface area contributed by atoms with Crippen molar-refractivity contribution < 1.29 is 19.0 Å². The SMILES string of the molecule is COc1ccc2nccc([C@H](F)CC[C@@H]3CCN(CCCc4cccc(C)c4)C[C@H]3CCC(=O)O)c2c1. The number of carboxylic acid groups (broad SMARTS) is 1. The average Bonchev–Trinajstić information content (AvgIpc) is 2.90. The first kappa shape index (κ1) is 27.1. The molecule has 2 aromatic carbocycles. The van der Waals surface area contributed by atoms with E-state index in [2.05, 4.69) is 41.1 Å². The smallest absolute Gasteiger partial charge is 0.303 e. The molecule has 3 aromatic rings. The highest BCUT2D eigenvalue weighted by Crippen LogP contribution is 2.36. The number of aliphatic carboxylic acids is 1. The Morgan fingerprint density at radius 3 is 2.84 bits per heavy atom. The number of fused-ring (bicyclic) bond motifs is 1. The van der Waals surface area contributed by atoms with Crippen molar-refractivity contribution in [3.8, 4) is 5.75 Å². The summed E-state index contributed by atoms with van der Waals surface area (Å²) >= 11 is 0. The molecule has 0 unspecified atom stereocenters. The van der Waals surface area contributed by atoms with Gasteiger partial charge in [-0.1, -0.05) is 29.8 Å². The molecular formula is C31H39FN2O3. The Morgan fingerprint density at radius 1 is 1.19 bits per heavy atom. The van der Waals surface area contributed by atoms with E-state index in [9.17, 15) is 9.90 Å². The summed E-state index contributed by atoms with van der Waals surface area (Å²) in [5.74, 6) is 0.562. The first-order valence-corrected chi connectivity index (χ1v) is 13.5. The zero-order chi connectivity index (χ0) is 26.2. The van der Waals surface area contributed by atoms with Gasteiger partial charge in [0.15, 0.2) is 0 Å². The van der Waals surface area contributed by atoms with Crippen LogP contribution in [0.15, 0.2) is 54.7 Å². The molecule has 0 spiro atoms. The van der Waals surface area contributed by atoms with Crippen LogP contribution >= 0.6 is 0 Å². The Labute approximate surface area is 219 Å². The topological polar surface area (TPSA) is 62.7 Å². The maximum absolute atomic E-state index is 15.6. The van der Waals surface area contributed by atoms with Crippen molar-refractivity contribution in [2.75, 3.05) is 26.7 Å². The van der Waals surface area contributed by atoms with Gasteiger partial charge in [0.2, 0.25) is 0 Å². The van der Waals surface area contributed by atoms with Gasteiger partial charge in [-0.3, -0.25) is 9.78 Å². The second-order valence-electron chi connectivity index (χ2n) is 10.5. The number of piperidine rings is 1. The number of aryl methyl sites for hydroxylation is 2. The molecule has 1 aliphatic rings. The van der Waals surface area contributed by atoms with E-state index in [1.165, 1.54) is 11.1 Å². The molecule has 5 nitrogen and oxygen atoms in total. The molecule has 0 radical (unpaired) electrons. The van der Waals surface area contributed by atoms with Gasteiger partial charge in [-0.05, 0) is 106 Å². The molecule has 37 heavy (non-hydrogen) atoms. The van der Waals surface area contributed by atoms with Crippen LogP contribution in [0.1, 0.15) is 61.4 Å². The van der Waals surface area contributed by atoms with Crippen LogP contribution in [0.25, 0.3) is 10.9 Å². The number of alkyl halides is 1. The van der Waals surface area contributed by atoms with Gasteiger partial charge in [0.25, 0.3) is 0 Å². The summed E-state index contributed by atoms with van der Waals surface area (Å²) in [6.45, 7) is 5.03. The van der Waals surface area contributed by atoms with Crippen molar-refractivity contribution in [1.29, 1.82) is 0 Å². The molecule has 3 atom stereocenters. The Kier molecular flexibility index (Phi) is 9.51. The van der Waals surface area contributed by atoms with E-state index in [0.717, 1.165) is 56.2 Å². The van der Waals surface area contributed by atoms with Crippen LogP contribution in [0.2, 0.25) is 0 Å². The predicted octanol–water partition coefficient (Wildman–Crippen LogP) is 6.78. The van der Waals surface area contributed by atoms with E-state index in [4.69, 9.17) is 4.74 Å². The molecule has 0 amide bonds. The monoisotopic (exact) mass is 506 g/mol. The number of ether oxygens (including phenoxy) is 1. The molecule has 0 saturated carbocycles. The van der Waals surface area contributed by atoms with E-state index in [0.29, 0.717) is 30.1 Å². The molecule has 2 heterocycles. The number of carbonyl (C=O) groups is 1. The quantitative estimate of drug-likeness (QED) is 0.293. The molecule has 1 saturated heterocycles. The van der Waals surface area contributed by atoms with E-state index in [1.54, 1.807) is 19.4 Å². The zero-order valence-corrected chi connectivity index (χ0v) is 22.0. The third-order valence-electron chi connectivity index (χ3n) is 7.84. The van der Waals surface area contributed by atoms with Crippen LogP contribution in [-0.2, 0) is 11.2 Å². The van der Waals surface area contributed by atoms with E-state index >= 15 is 4.39 Å². The van der Waals surface area contributed by atoms with Crippen molar-refractivity contribution in [3.05, 3.63) is 71.4 Å². The number of benzene rings is 2. The molecule has 0 aliphatic carbocycles. The van der Waals surface area contributed by atoms with E-state index in [-0.39, 0.29) is 12.3 Å². The first-order valence-electron chi connectivity index (χ1n) is 13.5. The Hall–Kier alpha value is -2.99. The number of likely N-dealkylation sites (tertiary alicyclic amines) is 1. The molecule has 1 N–H and O–H groups in total. The summed E-state index contributed by atoms with van der Waals surface area (Å²) < 4.78 is 20.9. The summed E-state index contributed by atoms with van der Waals surface area (Å²) in [7, 11) is 1.61. The van der Waals surface area contributed by atoms with Crippen LogP contribution in [0.3, 0.4) is 0 Å². The van der Waals surface area contributed by atoms with Gasteiger partial charge in [0.1, 0.15) is 11.9 Å². The molecule has 1 aliphatic heterocycles. The van der Waals surface area contributed by atoms with Gasteiger partial charge in [0, 0.05) is 24.5 Å². The van der Waals surface area contributed by atoms with Crippen LogP contribution in [0, 0.1) is 18.8 Å². The number of hydrogen-bond donors (Lipinski definition) is 1. The first-order chi connectivity index (χ1) is 17.9. The maximum atomic E-state index is 15.6. The third kappa shape index (κ3) is 7.51. The largest absolute Gasteiger partial charge is 0.497 e. The highest BCUT2D eigenvalue weighted by Gasteiger charge is 2.30. The minimum atomic E-state index is -1.09. The van der Waals surface area contributed by atoms with Crippen LogP contribution in [-0.4, -0.2) is 47.7 Å². The van der Waals surface area contributed by atoms with Crippen molar-refractivity contribution in [2.24, 2.45) is 11.8 Å². The van der Waals surface area contributed by atoms with Gasteiger partial charge in [-0.25, -0.2) is 4.39 Å². The standard InChI is InChI=1S/C31H39FN2O3/c1-22-5-3-6-23(19-22)7-4-17-34-18-15-24(25(21-34)9-13-31(35)36)8-11-29(32)27-14-16-33-30-12-10-26(37-2)20-28(27)30/h3,5-6,10,12,14,16,19-20,24-25,29H,4,7-9,11,13,15,17-18,21H2,1-2H3,(H,35,36)/t24-,25-,29-/m1/s1. The molecule has 0 bridgehead atoms. The number of pyridine rings is 1. The lowest BCUT2D eigenvalue weighted by atomic mass is 9.79. The van der Waals surface area contributed by atoms with Crippen molar-refractivity contribution >= 4 is 16.9 Å². The number of hydrogen-bond acceptors (Lipinski definition) is 4. The minimum Gasteiger partial charge on any atom is -0.497 e. The second kappa shape index (κ2) is 13.0. The lowest BCUT2D eigenvalue weighted by Crippen LogP contribution is -2.41. The van der Waals surface area contributed by atoms with Gasteiger partial charge in [-0.15, -0.1) is 0 Å². The number of carboxylic acids is 1. The lowest BCUT2D eigenvalue weighted by Gasteiger charge is -2.39. The predicted molar refractivity (Wildman–Crippen MR) is 146 cm³/mol. The number of aromatic nitrogens is 1. The second-order valence-corrected chi connectivity index (χ2v) is 10.5. The number of nitrogens with zero attached hydrogens (tertiary/aromatic N) is 2. The molecule has 1 aromatic heterocycles. The molecule has 1 fully saturated rings. The summed E-state index contributed by atoms with van der Waals surface area (Å²) in [6, 6.07) is 16.0. The number of halogens is 1. The summed E-state index contributed by atoms with van der Waals surface area (Å²) in [5.41, 5.74) is 4.07. The van der Waals surface area contributed by atoms with Gasteiger partial charge >= 0.3 is 5.97 Å². The minimum absolute atomic E-state index is 0.173. The summed E-state index contributed by atoms with van der Waals surface area (Å²) in [4.78, 5) is 18.2. The fourth-order valence-electron chi connectivity index (χ4n) is 5.81. The van der Waals surface area contributed by atoms with Crippen molar-refractivity contribution in [3.63, 3.8) is 0 Å². The fraction of sp³-hybridized carbons (Fsp3) is 0.484. The Morgan fingerprint density at radius 2 is 2.05 bits per heavy atom. The van der Waals surface area contributed by atoms with Gasteiger partial charge in [-0.2, -0.15) is 0 Å². The molecule has 6 heteroatoms. The molecular weight excluding hydrogens is 467 g/mol. The number of methoxy groups -OCH3 is 1. The van der Waals surface area contributed by atoms with Crippen LogP contribution < -0.4 is 4.74 Å². The Bertz CT molecular complexity index is 1180. The van der Waals surface area contributed by atoms with Gasteiger partial charge < -0.3 is 14.7 Å². The average molecular weight is 507 g/mol. The van der Waals surface area contributed by atoms with Crippen molar-refractivity contribution in [1.82, 2.24) is 9.88 Å². The van der Waals surface area contributed by atoms with Crippen LogP contribution in [0.5, 0.6) is 5.75 Å². The number of rotatable bonds is 12. The summed E-state index contributed by atoms with van der Waals surface area (Å²) in [5, 5.41) is 10.1.